The zero-order valence-corrected chi connectivity index (χ0v) is 13.8. The third-order valence-corrected chi connectivity index (χ3v) is 5.67. The van der Waals surface area contributed by atoms with Gasteiger partial charge in [-0.25, -0.2) is 8.78 Å². The molecule has 1 aliphatic carbocycles. The van der Waals surface area contributed by atoms with Crippen LogP contribution in [-0.2, 0) is 17.9 Å². The van der Waals surface area contributed by atoms with Gasteiger partial charge in [-0.1, -0.05) is 19.3 Å². The second kappa shape index (κ2) is 7.17. The van der Waals surface area contributed by atoms with E-state index in [1.165, 1.54) is 11.1 Å². The SMILES string of the molecule is O=C(O)C1CCC2(CCCCC2)N(Cc2ccnn2CC(F)F)C1. The van der Waals surface area contributed by atoms with Gasteiger partial charge in [-0.2, -0.15) is 5.10 Å². The van der Waals surface area contributed by atoms with Crippen LogP contribution >= 0.6 is 0 Å². The summed E-state index contributed by atoms with van der Waals surface area (Å²) in [6, 6.07) is 1.77. The third-order valence-electron chi connectivity index (χ3n) is 5.67. The van der Waals surface area contributed by atoms with Crippen LogP contribution < -0.4 is 0 Å². The molecule has 1 N–H and O–H groups in total. The predicted molar refractivity (Wildman–Crippen MR) is 84.8 cm³/mol. The van der Waals surface area contributed by atoms with Gasteiger partial charge in [0.25, 0.3) is 6.43 Å². The molecular weight excluding hydrogens is 316 g/mol. The van der Waals surface area contributed by atoms with Gasteiger partial charge in [-0.15, -0.1) is 0 Å². The second-order valence-electron chi connectivity index (χ2n) is 7.14. The van der Waals surface area contributed by atoms with Gasteiger partial charge >= 0.3 is 5.97 Å². The molecule has 134 valence electrons. The summed E-state index contributed by atoms with van der Waals surface area (Å²) in [6.07, 6.45) is 6.38. The zero-order chi connectivity index (χ0) is 17.2. The minimum Gasteiger partial charge on any atom is -0.481 e. The van der Waals surface area contributed by atoms with E-state index in [4.69, 9.17) is 0 Å². The summed E-state index contributed by atoms with van der Waals surface area (Å²) in [5.74, 6) is -1.13. The molecule has 0 amide bonds. The van der Waals surface area contributed by atoms with Crippen LogP contribution in [0.4, 0.5) is 8.78 Å². The van der Waals surface area contributed by atoms with E-state index in [9.17, 15) is 18.7 Å². The lowest BCUT2D eigenvalue weighted by Crippen LogP contribution is -2.55. The first-order valence-electron chi connectivity index (χ1n) is 8.77. The Morgan fingerprint density at radius 3 is 2.75 bits per heavy atom. The molecule has 1 atom stereocenters. The number of hydrogen-bond donors (Lipinski definition) is 1. The predicted octanol–water partition coefficient (Wildman–Crippen LogP) is 3.15. The first-order valence-corrected chi connectivity index (χ1v) is 8.77. The molecule has 2 aliphatic rings. The van der Waals surface area contributed by atoms with Gasteiger partial charge in [0.15, 0.2) is 0 Å². The Morgan fingerprint density at radius 1 is 1.33 bits per heavy atom. The minimum atomic E-state index is -2.44. The standard InChI is InChI=1S/C17H25F2N3O2/c18-15(19)12-22-14(5-9-20-22)11-21-10-13(16(23)24)4-8-17(21)6-2-1-3-7-17/h5,9,13,15H,1-4,6-8,10-12H2,(H,23,24). The van der Waals surface area contributed by atoms with Gasteiger partial charge in [0, 0.05) is 24.8 Å². The fraction of sp³-hybridized carbons (Fsp3) is 0.765. The summed E-state index contributed by atoms with van der Waals surface area (Å²) < 4.78 is 26.8. The molecule has 5 nitrogen and oxygen atoms in total. The molecule has 3 rings (SSSR count). The summed E-state index contributed by atoms with van der Waals surface area (Å²) in [4.78, 5) is 13.7. The van der Waals surface area contributed by atoms with Crippen LogP contribution in [0.15, 0.2) is 12.3 Å². The molecule has 2 fully saturated rings. The molecule has 2 heterocycles. The van der Waals surface area contributed by atoms with Crippen LogP contribution in [-0.4, -0.2) is 44.3 Å². The fourth-order valence-corrected chi connectivity index (χ4v) is 4.35. The van der Waals surface area contributed by atoms with E-state index < -0.39 is 18.9 Å². The number of carbonyl (C=O) groups is 1. The van der Waals surface area contributed by atoms with Gasteiger partial charge in [0.1, 0.15) is 6.54 Å². The number of aromatic nitrogens is 2. The third kappa shape index (κ3) is 3.61. The average Bonchev–Trinajstić information content (AvgIpc) is 2.96. The van der Waals surface area contributed by atoms with Crippen LogP contribution in [0.25, 0.3) is 0 Å². The van der Waals surface area contributed by atoms with E-state index in [0.29, 0.717) is 19.5 Å². The quantitative estimate of drug-likeness (QED) is 0.894. The van der Waals surface area contributed by atoms with Crippen molar-refractivity contribution in [3.8, 4) is 0 Å². The lowest BCUT2D eigenvalue weighted by atomic mass is 9.72. The number of likely N-dealkylation sites (tertiary alicyclic amines) is 1. The smallest absolute Gasteiger partial charge is 0.307 e. The summed E-state index contributed by atoms with van der Waals surface area (Å²) in [5, 5.41) is 13.4. The van der Waals surface area contributed by atoms with Crippen molar-refractivity contribution in [1.82, 2.24) is 14.7 Å². The first kappa shape index (κ1) is 17.3. The molecule has 1 aliphatic heterocycles. The lowest BCUT2D eigenvalue weighted by molar-refractivity contribution is -0.146. The number of hydrogen-bond acceptors (Lipinski definition) is 3. The number of rotatable bonds is 5. The number of piperidine rings is 1. The van der Waals surface area contributed by atoms with Crippen molar-refractivity contribution in [1.29, 1.82) is 0 Å². The van der Waals surface area contributed by atoms with E-state index in [0.717, 1.165) is 37.8 Å². The number of aliphatic carboxylic acids is 1. The summed E-state index contributed by atoms with van der Waals surface area (Å²) in [7, 11) is 0. The molecule has 1 aromatic heterocycles. The highest BCUT2D eigenvalue weighted by atomic mass is 19.3. The zero-order valence-electron chi connectivity index (χ0n) is 13.8. The number of alkyl halides is 2. The summed E-state index contributed by atoms with van der Waals surface area (Å²) >= 11 is 0. The molecule has 24 heavy (non-hydrogen) atoms. The highest BCUT2D eigenvalue weighted by molar-refractivity contribution is 5.70. The van der Waals surface area contributed by atoms with Crippen LogP contribution in [0, 0.1) is 5.92 Å². The normalized spacial score (nSPS) is 24.5. The number of nitrogens with zero attached hydrogens (tertiary/aromatic N) is 3. The molecule has 1 spiro atoms. The molecule has 1 unspecified atom stereocenters. The maximum absolute atomic E-state index is 12.7. The topological polar surface area (TPSA) is 58.4 Å². The fourth-order valence-electron chi connectivity index (χ4n) is 4.35. The maximum Gasteiger partial charge on any atom is 0.307 e. The Bertz CT molecular complexity index is 570. The second-order valence-corrected chi connectivity index (χ2v) is 7.14. The van der Waals surface area contributed by atoms with E-state index in [2.05, 4.69) is 10.00 Å². The van der Waals surface area contributed by atoms with Crippen molar-refractivity contribution >= 4 is 5.97 Å². The molecule has 1 saturated heterocycles. The molecule has 0 bridgehead atoms. The van der Waals surface area contributed by atoms with E-state index in [1.807, 2.05) is 0 Å². The molecular formula is C17H25F2N3O2. The molecule has 1 aromatic rings. The Hall–Kier alpha value is -1.50. The molecule has 0 aromatic carbocycles. The number of carboxylic acid groups (broad SMARTS) is 1. The van der Waals surface area contributed by atoms with Crippen molar-refractivity contribution < 1.29 is 18.7 Å². The number of carboxylic acids is 1. The van der Waals surface area contributed by atoms with E-state index in [-0.39, 0.29) is 11.5 Å². The van der Waals surface area contributed by atoms with Crippen molar-refractivity contribution in [2.75, 3.05) is 6.54 Å². The molecule has 0 radical (unpaired) electrons. The molecule has 7 heteroatoms. The van der Waals surface area contributed by atoms with Crippen molar-refractivity contribution in [2.24, 2.45) is 5.92 Å². The maximum atomic E-state index is 12.7. The monoisotopic (exact) mass is 341 g/mol. The Kier molecular flexibility index (Phi) is 5.18. The van der Waals surface area contributed by atoms with Crippen molar-refractivity contribution in [3.05, 3.63) is 18.0 Å². The van der Waals surface area contributed by atoms with E-state index in [1.54, 1.807) is 12.3 Å². The van der Waals surface area contributed by atoms with Crippen LogP contribution in [0.5, 0.6) is 0 Å². The highest BCUT2D eigenvalue weighted by Crippen LogP contribution is 2.42. The Balaban J connectivity index is 1.80. The van der Waals surface area contributed by atoms with E-state index >= 15 is 0 Å². The number of halogens is 2. The van der Waals surface area contributed by atoms with Crippen LogP contribution in [0.3, 0.4) is 0 Å². The summed E-state index contributed by atoms with van der Waals surface area (Å²) in [5.41, 5.74) is 0.774. The minimum absolute atomic E-state index is 0.0319. The Labute approximate surface area is 140 Å². The van der Waals surface area contributed by atoms with Gasteiger partial charge in [-0.05, 0) is 31.7 Å². The first-order chi connectivity index (χ1) is 11.5. The van der Waals surface area contributed by atoms with Crippen molar-refractivity contribution in [3.63, 3.8) is 0 Å². The van der Waals surface area contributed by atoms with Crippen LogP contribution in [0.2, 0.25) is 0 Å². The van der Waals surface area contributed by atoms with Crippen LogP contribution in [0.1, 0.15) is 50.6 Å². The van der Waals surface area contributed by atoms with Gasteiger partial charge in [-0.3, -0.25) is 14.4 Å². The summed E-state index contributed by atoms with van der Waals surface area (Å²) in [6.45, 7) is 0.581. The van der Waals surface area contributed by atoms with Crippen molar-refractivity contribution in [2.45, 2.75) is 70.0 Å². The lowest BCUT2D eigenvalue weighted by Gasteiger charge is -2.51. The molecule has 1 saturated carbocycles. The largest absolute Gasteiger partial charge is 0.481 e. The average molecular weight is 341 g/mol. The van der Waals surface area contributed by atoms with Gasteiger partial charge in [0.05, 0.1) is 11.6 Å². The van der Waals surface area contributed by atoms with Gasteiger partial charge < -0.3 is 5.11 Å². The van der Waals surface area contributed by atoms with Gasteiger partial charge in [0.2, 0.25) is 0 Å². The Morgan fingerprint density at radius 2 is 2.08 bits per heavy atom. The highest BCUT2D eigenvalue weighted by Gasteiger charge is 2.44.